The zero-order valence-corrected chi connectivity index (χ0v) is 13.6. The van der Waals surface area contributed by atoms with Crippen LogP contribution in [0.15, 0.2) is 41.6 Å². The van der Waals surface area contributed by atoms with Crippen molar-refractivity contribution in [1.82, 2.24) is 4.98 Å². The number of hydrogen-bond donors (Lipinski definition) is 1. The molecule has 1 N–H and O–H groups in total. The summed E-state index contributed by atoms with van der Waals surface area (Å²) in [7, 11) is 3.20. The molecule has 0 aliphatic heterocycles. The second kappa shape index (κ2) is 8.63. The number of benzene rings is 1. The molecule has 0 atom stereocenters. The van der Waals surface area contributed by atoms with Gasteiger partial charge in [-0.1, -0.05) is 13.0 Å². The lowest BCUT2D eigenvalue weighted by atomic mass is 10.2. The van der Waals surface area contributed by atoms with Crippen molar-refractivity contribution in [2.24, 2.45) is 5.10 Å². The van der Waals surface area contributed by atoms with Crippen LogP contribution in [0.4, 0.5) is 5.82 Å². The van der Waals surface area contributed by atoms with E-state index in [1.165, 1.54) is 0 Å². The average molecular weight is 315 g/mol. The first kappa shape index (κ1) is 16.6. The van der Waals surface area contributed by atoms with Crippen LogP contribution in [0.3, 0.4) is 0 Å². The molecule has 6 heteroatoms. The van der Waals surface area contributed by atoms with Gasteiger partial charge in [0.15, 0.2) is 11.5 Å². The normalized spacial score (nSPS) is 10.6. The zero-order chi connectivity index (χ0) is 16.5. The van der Waals surface area contributed by atoms with E-state index >= 15 is 0 Å². The van der Waals surface area contributed by atoms with Crippen LogP contribution in [-0.2, 0) is 0 Å². The fourth-order valence-electron chi connectivity index (χ4n) is 1.92. The number of methoxy groups -OCH3 is 2. The van der Waals surface area contributed by atoms with E-state index in [4.69, 9.17) is 14.2 Å². The summed E-state index contributed by atoms with van der Waals surface area (Å²) in [6, 6.07) is 9.25. The van der Waals surface area contributed by atoms with E-state index < -0.39 is 0 Å². The molecule has 0 radical (unpaired) electrons. The molecular formula is C17H21N3O3. The third-order valence-electron chi connectivity index (χ3n) is 2.99. The van der Waals surface area contributed by atoms with Crippen molar-refractivity contribution >= 4 is 12.0 Å². The van der Waals surface area contributed by atoms with E-state index in [0.717, 1.165) is 12.0 Å². The predicted octanol–water partition coefficient (Wildman–Crippen LogP) is 3.33. The van der Waals surface area contributed by atoms with E-state index in [9.17, 15) is 0 Å². The number of hydrazone groups is 1. The van der Waals surface area contributed by atoms with E-state index in [2.05, 4.69) is 15.5 Å². The summed E-state index contributed by atoms with van der Waals surface area (Å²) < 4.78 is 16.5. The third kappa shape index (κ3) is 4.60. The fourth-order valence-corrected chi connectivity index (χ4v) is 1.92. The number of aromatic nitrogens is 1. The molecule has 23 heavy (non-hydrogen) atoms. The van der Waals surface area contributed by atoms with Gasteiger partial charge in [-0.3, -0.25) is 5.43 Å². The Balaban J connectivity index is 2.18. The SMILES string of the molecule is CCCOc1c(OC)cc(/C=N/Nc2ccccn2)cc1OC. The molecular weight excluding hydrogens is 294 g/mol. The summed E-state index contributed by atoms with van der Waals surface area (Å²) in [5, 5.41) is 4.17. The molecule has 1 heterocycles. The van der Waals surface area contributed by atoms with Crippen LogP contribution >= 0.6 is 0 Å². The Kier molecular flexibility index (Phi) is 6.23. The highest BCUT2D eigenvalue weighted by atomic mass is 16.5. The van der Waals surface area contributed by atoms with Crippen molar-refractivity contribution in [3.63, 3.8) is 0 Å². The van der Waals surface area contributed by atoms with Gasteiger partial charge in [0.1, 0.15) is 5.82 Å². The lowest BCUT2D eigenvalue weighted by Crippen LogP contribution is -2.02. The minimum Gasteiger partial charge on any atom is -0.493 e. The number of hydrogen-bond acceptors (Lipinski definition) is 6. The molecule has 0 bridgehead atoms. The summed E-state index contributed by atoms with van der Waals surface area (Å²) >= 11 is 0. The Morgan fingerprint density at radius 2 is 1.91 bits per heavy atom. The van der Waals surface area contributed by atoms with Gasteiger partial charge < -0.3 is 14.2 Å². The van der Waals surface area contributed by atoms with Crippen molar-refractivity contribution in [1.29, 1.82) is 0 Å². The van der Waals surface area contributed by atoms with Crippen molar-refractivity contribution < 1.29 is 14.2 Å². The smallest absolute Gasteiger partial charge is 0.203 e. The molecule has 6 nitrogen and oxygen atoms in total. The van der Waals surface area contributed by atoms with Gasteiger partial charge in [-0.2, -0.15) is 5.10 Å². The average Bonchev–Trinajstić information content (AvgIpc) is 2.60. The van der Waals surface area contributed by atoms with Crippen molar-refractivity contribution in [3.8, 4) is 17.2 Å². The summed E-state index contributed by atoms with van der Waals surface area (Å²) in [4.78, 5) is 4.13. The molecule has 1 aromatic carbocycles. The molecule has 1 aromatic heterocycles. The Labute approximate surface area is 136 Å². The largest absolute Gasteiger partial charge is 0.493 e. The molecule has 2 aromatic rings. The van der Waals surface area contributed by atoms with Gasteiger partial charge in [0, 0.05) is 11.8 Å². The molecule has 0 spiro atoms. The van der Waals surface area contributed by atoms with Crippen LogP contribution in [-0.4, -0.2) is 32.0 Å². The first-order valence-electron chi connectivity index (χ1n) is 7.37. The van der Waals surface area contributed by atoms with Crippen molar-refractivity contribution in [3.05, 3.63) is 42.1 Å². The number of anilines is 1. The highest BCUT2D eigenvalue weighted by Gasteiger charge is 2.13. The molecule has 0 unspecified atom stereocenters. The number of nitrogens with zero attached hydrogens (tertiary/aromatic N) is 2. The minimum atomic E-state index is 0.599. The summed E-state index contributed by atoms with van der Waals surface area (Å²) in [5.74, 6) is 2.49. The number of rotatable bonds is 8. The van der Waals surface area contributed by atoms with Crippen molar-refractivity contribution in [2.75, 3.05) is 26.3 Å². The quantitative estimate of drug-likeness (QED) is 0.598. The molecule has 0 amide bonds. The molecule has 0 aliphatic rings. The maximum atomic E-state index is 5.71. The first-order valence-corrected chi connectivity index (χ1v) is 7.37. The summed E-state index contributed by atoms with van der Waals surface area (Å²) in [6.45, 7) is 2.64. The lowest BCUT2D eigenvalue weighted by Gasteiger charge is -2.14. The maximum Gasteiger partial charge on any atom is 0.203 e. The van der Waals surface area contributed by atoms with Crippen LogP contribution in [0.25, 0.3) is 0 Å². The first-order chi connectivity index (χ1) is 11.3. The van der Waals surface area contributed by atoms with Crippen LogP contribution in [0.1, 0.15) is 18.9 Å². The van der Waals surface area contributed by atoms with Gasteiger partial charge in [-0.05, 0) is 30.7 Å². The van der Waals surface area contributed by atoms with E-state index in [1.54, 1.807) is 26.6 Å². The van der Waals surface area contributed by atoms with Gasteiger partial charge >= 0.3 is 0 Å². The topological polar surface area (TPSA) is 65.0 Å². The zero-order valence-electron chi connectivity index (χ0n) is 13.6. The van der Waals surface area contributed by atoms with Crippen molar-refractivity contribution in [2.45, 2.75) is 13.3 Å². The Hall–Kier alpha value is -2.76. The third-order valence-corrected chi connectivity index (χ3v) is 2.99. The van der Waals surface area contributed by atoms with Gasteiger partial charge in [0.05, 0.1) is 27.0 Å². The monoisotopic (exact) mass is 315 g/mol. The highest BCUT2D eigenvalue weighted by molar-refractivity contribution is 5.82. The molecule has 0 saturated heterocycles. The summed E-state index contributed by atoms with van der Waals surface area (Å²) in [5.41, 5.74) is 3.69. The standard InChI is InChI=1S/C17H21N3O3/c1-4-9-23-17-14(21-2)10-13(11-15(17)22-3)12-19-20-16-7-5-6-8-18-16/h5-8,10-12H,4,9H2,1-3H3,(H,18,20)/b19-12+. The lowest BCUT2D eigenvalue weighted by molar-refractivity contribution is 0.275. The van der Waals surface area contributed by atoms with Gasteiger partial charge in [-0.25, -0.2) is 4.98 Å². The van der Waals surface area contributed by atoms with E-state index in [1.807, 2.05) is 37.3 Å². The highest BCUT2D eigenvalue weighted by Crippen LogP contribution is 2.38. The van der Waals surface area contributed by atoms with E-state index in [0.29, 0.717) is 29.7 Å². The van der Waals surface area contributed by atoms with Crippen LogP contribution in [0.5, 0.6) is 17.2 Å². The molecule has 2 rings (SSSR count). The molecule has 0 aliphatic carbocycles. The van der Waals surface area contributed by atoms with Gasteiger partial charge in [0.2, 0.25) is 5.75 Å². The molecule has 0 fully saturated rings. The fraction of sp³-hybridized carbons (Fsp3) is 0.294. The second-order valence-corrected chi connectivity index (χ2v) is 4.69. The minimum absolute atomic E-state index is 0.599. The number of pyridine rings is 1. The van der Waals surface area contributed by atoms with Gasteiger partial charge in [0.25, 0.3) is 0 Å². The van der Waals surface area contributed by atoms with Crippen LogP contribution in [0, 0.1) is 0 Å². The van der Waals surface area contributed by atoms with Gasteiger partial charge in [-0.15, -0.1) is 0 Å². The Bertz CT molecular complexity index is 620. The number of ether oxygens (including phenoxy) is 3. The Morgan fingerprint density at radius 3 is 2.48 bits per heavy atom. The number of nitrogens with one attached hydrogen (secondary N) is 1. The Morgan fingerprint density at radius 1 is 1.17 bits per heavy atom. The second-order valence-electron chi connectivity index (χ2n) is 4.69. The predicted molar refractivity (Wildman–Crippen MR) is 90.8 cm³/mol. The molecule has 0 saturated carbocycles. The molecule has 122 valence electrons. The maximum absolute atomic E-state index is 5.71. The van der Waals surface area contributed by atoms with Crippen LogP contribution < -0.4 is 19.6 Å². The van der Waals surface area contributed by atoms with Crippen LogP contribution in [0.2, 0.25) is 0 Å². The van der Waals surface area contributed by atoms with E-state index in [-0.39, 0.29) is 0 Å². The summed E-state index contributed by atoms with van der Waals surface area (Å²) in [6.07, 6.45) is 4.27.